The summed E-state index contributed by atoms with van der Waals surface area (Å²) in [5, 5.41) is 16.5. The van der Waals surface area contributed by atoms with Crippen LogP contribution in [0.4, 0.5) is 0 Å². The van der Waals surface area contributed by atoms with Gasteiger partial charge in [-0.15, -0.1) is 11.8 Å². The molecule has 14 heavy (non-hydrogen) atoms. The van der Waals surface area contributed by atoms with Gasteiger partial charge in [0.05, 0.1) is 5.39 Å². The standard InChI is InChI=1S/C10H10N2OS/c1-2-14-10-4-3-8-6-11-12(13)7-9(8)5-10/h3-7H,2H2,1H3. The first-order valence-corrected chi connectivity index (χ1v) is 5.40. The SMILES string of the molecule is CCSc1ccc2cn[n+]([O-])cc2c1. The van der Waals surface area contributed by atoms with Gasteiger partial charge in [0.25, 0.3) is 0 Å². The van der Waals surface area contributed by atoms with E-state index in [0.717, 1.165) is 16.5 Å². The van der Waals surface area contributed by atoms with Crippen molar-refractivity contribution in [3.8, 4) is 0 Å². The summed E-state index contributed by atoms with van der Waals surface area (Å²) in [4.78, 5) is 1.77. The van der Waals surface area contributed by atoms with Crippen LogP contribution >= 0.6 is 11.8 Å². The molecule has 0 aliphatic heterocycles. The molecule has 72 valence electrons. The second-order valence-electron chi connectivity index (χ2n) is 2.90. The monoisotopic (exact) mass is 206 g/mol. The fraction of sp³-hybridized carbons (Fsp3) is 0.200. The minimum absolute atomic E-state index is 0.586. The molecule has 3 nitrogen and oxygen atoms in total. The Morgan fingerprint density at radius 1 is 1.43 bits per heavy atom. The van der Waals surface area contributed by atoms with Crippen LogP contribution in [0, 0.1) is 5.21 Å². The number of nitrogens with zero attached hydrogens (tertiary/aromatic N) is 2. The molecule has 0 fully saturated rings. The number of benzene rings is 1. The third-order valence-electron chi connectivity index (χ3n) is 1.93. The lowest BCUT2D eigenvalue weighted by Gasteiger charge is -2.00. The van der Waals surface area contributed by atoms with Gasteiger partial charge in [0.1, 0.15) is 6.20 Å². The van der Waals surface area contributed by atoms with Crippen LogP contribution in [-0.4, -0.2) is 10.9 Å². The van der Waals surface area contributed by atoms with E-state index in [1.54, 1.807) is 18.0 Å². The average molecular weight is 206 g/mol. The van der Waals surface area contributed by atoms with Crippen LogP contribution in [0.25, 0.3) is 10.8 Å². The van der Waals surface area contributed by atoms with Crippen LogP contribution in [-0.2, 0) is 0 Å². The van der Waals surface area contributed by atoms with Crippen LogP contribution in [0.1, 0.15) is 6.92 Å². The number of hydrogen-bond donors (Lipinski definition) is 0. The van der Waals surface area contributed by atoms with Crippen molar-refractivity contribution in [1.82, 2.24) is 5.10 Å². The molecule has 4 heteroatoms. The van der Waals surface area contributed by atoms with Gasteiger partial charge >= 0.3 is 0 Å². The fourth-order valence-corrected chi connectivity index (χ4v) is 2.02. The molecule has 2 aromatic rings. The quantitative estimate of drug-likeness (QED) is 0.428. The van der Waals surface area contributed by atoms with Crippen molar-refractivity contribution in [1.29, 1.82) is 0 Å². The summed E-state index contributed by atoms with van der Waals surface area (Å²) in [5.41, 5.74) is 0. The van der Waals surface area contributed by atoms with Gasteiger partial charge in [0.15, 0.2) is 0 Å². The predicted octanol–water partition coefficient (Wildman–Crippen LogP) is 1.98. The Kier molecular flexibility index (Phi) is 2.54. The van der Waals surface area contributed by atoms with Gasteiger partial charge in [-0.1, -0.05) is 17.8 Å². The molecular formula is C10H10N2OS. The van der Waals surface area contributed by atoms with Gasteiger partial charge in [-0.2, -0.15) is 0 Å². The topological polar surface area (TPSA) is 39.8 Å². The van der Waals surface area contributed by atoms with E-state index >= 15 is 0 Å². The van der Waals surface area contributed by atoms with Crippen LogP contribution in [0.5, 0.6) is 0 Å². The minimum Gasteiger partial charge on any atom is -0.594 e. The lowest BCUT2D eigenvalue weighted by atomic mass is 10.2. The van der Waals surface area contributed by atoms with E-state index in [0.29, 0.717) is 4.85 Å². The maximum atomic E-state index is 11.0. The Labute approximate surface area is 86.3 Å². The molecule has 0 aliphatic rings. The van der Waals surface area contributed by atoms with E-state index in [-0.39, 0.29) is 0 Å². The zero-order valence-electron chi connectivity index (χ0n) is 7.80. The van der Waals surface area contributed by atoms with E-state index in [2.05, 4.69) is 12.0 Å². The molecule has 2 rings (SSSR count). The first-order valence-electron chi connectivity index (χ1n) is 4.41. The second kappa shape index (κ2) is 3.84. The van der Waals surface area contributed by atoms with Gasteiger partial charge in [-0.05, 0) is 17.9 Å². The Morgan fingerprint density at radius 3 is 3.07 bits per heavy atom. The molecule has 0 spiro atoms. The summed E-state index contributed by atoms with van der Waals surface area (Å²) in [7, 11) is 0. The summed E-state index contributed by atoms with van der Waals surface area (Å²) in [6.45, 7) is 2.11. The molecule has 0 atom stereocenters. The minimum atomic E-state index is 0.586. The molecule has 0 aliphatic carbocycles. The van der Waals surface area contributed by atoms with Crippen molar-refractivity contribution in [2.45, 2.75) is 11.8 Å². The normalized spacial score (nSPS) is 10.6. The highest BCUT2D eigenvalue weighted by Gasteiger charge is 2.00. The maximum absolute atomic E-state index is 11.0. The van der Waals surface area contributed by atoms with Crippen molar-refractivity contribution in [2.75, 3.05) is 5.75 Å². The van der Waals surface area contributed by atoms with Crippen LogP contribution in [0.3, 0.4) is 0 Å². The molecule has 1 aromatic carbocycles. The highest BCUT2D eigenvalue weighted by Crippen LogP contribution is 2.21. The van der Waals surface area contributed by atoms with Gasteiger partial charge in [0.2, 0.25) is 6.20 Å². The molecule has 1 heterocycles. The van der Waals surface area contributed by atoms with Crippen LogP contribution in [0.2, 0.25) is 0 Å². The highest BCUT2D eigenvalue weighted by molar-refractivity contribution is 7.99. The summed E-state index contributed by atoms with van der Waals surface area (Å²) in [6.07, 6.45) is 3.08. The van der Waals surface area contributed by atoms with E-state index in [1.807, 2.05) is 18.2 Å². The Hall–Kier alpha value is -1.29. The smallest absolute Gasteiger partial charge is 0.217 e. The van der Waals surface area contributed by atoms with Crippen molar-refractivity contribution >= 4 is 22.5 Å². The van der Waals surface area contributed by atoms with E-state index in [9.17, 15) is 5.21 Å². The molecule has 1 aromatic heterocycles. The second-order valence-corrected chi connectivity index (χ2v) is 4.24. The molecule has 0 amide bonds. The first-order chi connectivity index (χ1) is 6.79. The van der Waals surface area contributed by atoms with Crippen molar-refractivity contribution in [2.24, 2.45) is 0 Å². The van der Waals surface area contributed by atoms with Gasteiger partial charge in [-0.3, -0.25) is 0 Å². The zero-order chi connectivity index (χ0) is 9.97. The lowest BCUT2D eigenvalue weighted by Crippen LogP contribution is -2.29. The first kappa shape index (κ1) is 9.27. The molecule has 0 bridgehead atoms. The largest absolute Gasteiger partial charge is 0.594 e. The molecular weight excluding hydrogens is 196 g/mol. The third kappa shape index (κ3) is 1.80. The Bertz CT molecular complexity index is 459. The van der Waals surface area contributed by atoms with Crippen LogP contribution < -0.4 is 4.85 Å². The molecule has 0 saturated carbocycles. The summed E-state index contributed by atoms with van der Waals surface area (Å²) >= 11 is 1.76. The number of aromatic nitrogens is 2. The maximum Gasteiger partial charge on any atom is 0.217 e. The summed E-state index contributed by atoms with van der Waals surface area (Å²) < 4.78 is 0. The molecule has 0 radical (unpaired) electrons. The predicted molar refractivity (Wildman–Crippen MR) is 57.1 cm³/mol. The van der Waals surface area contributed by atoms with Crippen molar-refractivity contribution in [3.63, 3.8) is 0 Å². The number of fused-ring (bicyclic) bond motifs is 1. The number of thioether (sulfide) groups is 1. The van der Waals surface area contributed by atoms with E-state index < -0.39 is 0 Å². The van der Waals surface area contributed by atoms with Gasteiger partial charge < -0.3 is 5.21 Å². The highest BCUT2D eigenvalue weighted by atomic mass is 32.2. The zero-order valence-corrected chi connectivity index (χ0v) is 8.62. The fourth-order valence-electron chi connectivity index (χ4n) is 1.31. The third-order valence-corrected chi connectivity index (χ3v) is 2.81. The summed E-state index contributed by atoms with van der Waals surface area (Å²) in [5.74, 6) is 1.04. The average Bonchev–Trinajstić information content (AvgIpc) is 2.17. The number of rotatable bonds is 2. The Balaban J connectivity index is 2.52. The summed E-state index contributed by atoms with van der Waals surface area (Å²) in [6, 6.07) is 6.05. The molecule has 0 unspecified atom stereocenters. The van der Waals surface area contributed by atoms with Crippen molar-refractivity contribution in [3.05, 3.63) is 35.8 Å². The number of hydrogen-bond acceptors (Lipinski definition) is 3. The van der Waals surface area contributed by atoms with Crippen LogP contribution in [0.15, 0.2) is 35.5 Å². The lowest BCUT2D eigenvalue weighted by molar-refractivity contribution is -0.667. The molecule has 0 N–H and O–H groups in total. The van der Waals surface area contributed by atoms with E-state index in [1.165, 1.54) is 11.1 Å². The van der Waals surface area contributed by atoms with Crippen molar-refractivity contribution < 1.29 is 4.85 Å². The van der Waals surface area contributed by atoms with Gasteiger partial charge in [-0.25, -0.2) is 0 Å². The molecule has 0 saturated heterocycles. The Morgan fingerprint density at radius 2 is 2.29 bits per heavy atom. The van der Waals surface area contributed by atoms with E-state index in [4.69, 9.17) is 0 Å². The van der Waals surface area contributed by atoms with Gasteiger partial charge in [0, 0.05) is 15.4 Å².